The molecule has 3 aromatic carbocycles. The smallest absolute Gasteiger partial charge is 0.333 e. The van der Waals surface area contributed by atoms with Crippen LogP contribution in [0.3, 0.4) is 0 Å². The van der Waals surface area contributed by atoms with E-state index in [1.807, 2.05) is 66.7 Å². The van der Waals surface area contributed by atoms with Gasteiger partial charge in [-0.25, -0.2) is 4.68 Å². The van der Waals surface area contributed by atoms with Gasteiger partial charge in [0.2, 0.25) is 5.91 Å². The molecule has 0 aliphatic heterocycles. The molecule has 7 nitrogen and oxygen atoms in total. The topological polar surface area (TPSA) is 90.5 Å². The summed E-state index contributed by atoms with van der Waals surface area (Å²) < 4.78 is 33.3. The molecule has 0 saturated heterocycles. The van der Waals surface area contributed by atoms with Gasteiger partial charge < -0.3 is 15.4 Å². The lowest BCUT2D eigenvalue weighted by Crippen LogP contribution is -2.44. The molecule has 0 spiro atoms. The van der Waals surface area contributed by atoms with Crippen LogP contribution in [0.4, 0.5) is 8.78 Å². The lowest BCUT2D eigenvalue weighted by Gasteiger charge is -2.36. The highest BCUT2D eigenvalue weighted by molar-refractivity contribution is 6.31. The molecule has 220 valence electrons. The summed E-state index contributed by atoms with van der Waals surface area (Å²) >= 11 is 6.74. The van der Waals surface area contributed by atoms with Crippen molar-refractivity contribution in [2.24, 2.45) is 11.7 Å². The third kappa shape index (κ3) is 6.69. The fourth-order valence-corrected chi connectivity index (χ4v) is 5.18. The van der Waals surface area contributed by atoms with Crippen LogP contribution in [0.5, 0.6) is 0 Å². The number of aromatic nitrogens is 2. The Kier molecular flexibility index (Phi) is 10.1. The number of hydrogen-bond donors (Lipinski definition) is 1. The van der Waals surface area contributed by atoms with E-state index in [4.69, 9.17) is 22.1 Å². The maximum Gasteiger partial charge on any atom is 0.333 e. The number of likely N-dealkylation sites (N-methyl/N-ethyl adjacent to an activating group) is 1. The van der Waals surface area contributed by atoms with E-state index in [-0.39, 0.29) is 37.0 Å². The van der Waals surface area contributed by atoms with Gasteiger partial charge in [0, 0.05) is 54.0 Å². The number of halogens is 3. The molecule has 1 amide bonds. The zero-order valence-corrected chi connectivity index (χ0v) is 24.1. The van der Waals surface area contributed by atoms with Gasteiger partial charge in [-0.2, -0.15) is 13.9 Å². The highest BCUT2D eigenvalue weighted by Crippen LogP contribution is 2.43. The zero-order valence-electron chi connectivity index (χ0n) is 23.4. The second kappa shape index (κ2) is 13.7. The Labute approximate surface area is 248 Å². The second-order valence-electron chi connectivity index (χ2n) is 10.1. The van der Waals surface area contributed by atoms with E-state index in [1.165, 1.54) is 11.0 Å². The summed E-state index contributed by atoms with van der Waals surface area (Å²) in [4.78, 5) is 29.0. The van der Waals surface area contributed by atoms with Crippen LogP contribution < -0.4 is 5.73 Å². The van der Waals surface area contributed by atoms with Crippen LogP contribution in [-0.4, -0.2) is 46.2 Å². The summed E-state index contributed by atoms with van der Waals surface area (Å²) in [6.45, 7) is -0.839. The highest BCUT2D eigenvalue weighted by Gasteiger charge is 2.43. The first kappa shape index (κ1) is 30.9. The van der Waals surface area contributed by atoms with Gasteiger partial charge in [-0.3, -0.25) is 9.59 Å². The van der Waals surface area contributed by atoms with Gasteiger partial charge in [-0.1, -0.05) is 90.5 Å². The molecule has 2 atom stereocenters. The predicted octanol–water partition coefficient (Wildman–Crippen LogP) is 5.82. The number of alkyl halides is 2. The number of nitrogens with two attached hydrogens (primary N) is 1. The number of benzene rings is 3. The number of nitrogens with zero attached hydrogens (tertiary/aromatic N) is 3. The summed E-state index contributed by atoms with van der Waals surface area (Å²) in [5.41, 5.74) is 6.46. The zero-order chi connectivity index (χ0) is 30.3. The third-order valence-corrected chi connectivity index (χ3v) is 7.64. The van der Waals surface area contributed by atoms with Crippen molar-refractivity contribution in [1.29, 1.82) is 0 Å². The van der Waals surface area contributed by atoms with Crippen LogP contribution >= 0.6 is 11.6 Å². The van der Waals surface area contributed by atoms with E-state index in [2.05, 4.69) is 5.10 Å². The molecule has 2 N–H and O–H groups in total. The molecule has 0 saturated carbocycles. The molecule has 42 heavy (non-hydrogen) atoms. The van der Waals surface area contributed by atoms with Crippen molar-refractivity contribution >= 4 is 23.5 Å². The standard InChI is InChI=1S/C32H33ClF2N4O3/c1-22(21-36)38(2)30(41)23(19-26-17-18-39(37-26)31(34)35)20-29(40)42-32(24-11-5-3-6-12-24,25-13-7-4-8-14-25)27-15-9-10-16-28(27)33/h3-18,22-23,31H,19-21,36H2,1-2H3/t22-,23?/m0/s1. The molecule has 0 radical (unpaired) electrons. The Morgan fingerprint density at radius 3 is 2.07 bits per heavy atom. The highest BCUT2D eigenvalue weighted by atomic mass is 35.5. The lowest BCUT2D eigenvalue weighted by molar-refractivity contribution is -0.157. The summed E-state index contributed by atoms with van der Waals surface area (Å²) in [5.74, 6) is -2.00. The van der Waals surface area contributed by atoms with Crippen LogP contribution in [-0.2, 0) is 26.3 Å². The number of carbonyl (C=O) groups excluding carboxylic acids is 2. The van der Waals surface area contributed by atoms with Crippen LogP contribution in [0.15, 0.2) is 97.2 Å². The maximum absolute atomic E-state index is 14.0. The molecule has 4 aromatic rings. The Morgan fingerprint density at radius 2 is 1.55 bits per heavy atom. The molecule has 1 aromatic heterocycles. The molecule has 0 aliphatic rings. The molecule has 0 bridgehead atoms. The summed E-state index contributed by atoms with van der Waals surface area (Å²) in [7, 11) is 1.60. The molecule has 1 unspecified atom stereocenters. The number of hydrogen-bond acceptors (Lipinski definition) is 5. The molecule has 10 heteroatoms. The minimum atomic E-state index is -2.83. The van der Waals surface area contributed by atoms with E-state index >= 15 is 0 Å². The van der Waals surface area contributed by atoms with Gasteiger partial charge in [0.05, 0.1) is 18.0 Å². The van der Waals surface area contributed by atoms with Crippen molar-refractivity contribution in [2.45, 2.75) is 38.0 Å². The van der Waals surface area contributed by atoms with E-state index in [9.17, 15) is 18.4 Å². The fourth-order valence-electron chi connectivity index (χ4n) is 4.91. The summed E-state index contributed by atoms with van der Waals surface area (Å²) in [6, 6.07) is 26.7. The second-order valence-corrected chi connectivity index (χ2v) is 10.5. The van der Waals surface area contributed by atoms with Crippen LogP contribution in [0.1, 0.15) is 42.3 Å². The van der Waals surface area contributed by atoms with E-state index in [0.29, 0.717) is 26.4 Å². The molecule has 0 fully saturated rings. The third-order valence-electron chi connectivity index (χ3n) is 7.31. The Balaban J connectivity index is 1.77. The summed E-state index contributed by atoms with van der Waals surface area (Å²) in [5, 5.41) is 4.28. The van der Waals surface area contributed by atoms with E-state index in [0.717, 1.165) is 6.20 Å². The largest absolute Gasteiger partial charge is 0.444 e. The fraction of sp³-hybridized carbons (Fsp3) is 0.281. The number of rotatable bonds is 12. The number of amides is 1. The van der Waals surface area contributed by atoms with Gasteiger partial charge >= 0.3 is 12.5 Å². The van der Waals surface area contributed by atoms with Gasteiger partial charge in [0.15, 0.2) is 5.60 Å². The normalized spacial score (nSPS) is 13.0. The van der Waals surface area contributed by atoms with Crippen molar-refractivity contribution in [3.8, 4) is 0 Å². The monoisotopic (exact) mass is 594 g/mol. The van der Waals surface area contributed by atoms with Gasteiger partial charge in [0.1, 0.15) is 0 Å². The van der Waals surface area contributed by atoms with Crippen molar-refractivity contribution < 1.29 is 23.1 Å². The molecular weight excluding hydrogens is 562 g/mol. The van der Waals surface area contributed by atoms with Crippen molar-refractivity contribution in [3.05, 3.63) is 125 Å². The predicted molar refractivity (Wildman–Crippen MR) is 157 cm³/mol. The van der Waals surface area contributed by atoms with Crippen LogP contribution in [0, 0.1) is 5.92 Å². The molecule has 0 aliphatic carbocycles. The number of ether oxygens (including phenoxy) is 1. The van der Waals surface area contributed by atoms with Gasteiger partial charge in [-0.05, 0) is 19.1 Å². The van der Waals surface area contributed by atoms with E-state index in [1.54, 1.807) is 32.2 Å². The average Bonchev–Trinajstić information content (AvgIpc) is 3.49. The summed E-state index contributed by atoms with van der Waals surface area (Å²) in [6.07, 6.45) is 0.748. The maximum atomic E-state index is 14.0. The molecule has 4 rings (SSSR count). The first-order valence-corrected chi connectivity index (χ1v) is 13.9. The first-order chi connectivity index (χ1) is 20.2. The number of esters is 1. The molecule has 1 heterocycles. The SMILES string of the molecule is C[C@@H](CN)N(C)C(=O)C(CC(=O)OC(c1ccccc1)(c1ccccc1)c1ccccc1Cl)Cc1ccn(C(F)F)n1. The minimum Gasteiger partial charge on any atom is -0.444 e. The minimum absolute atomic E-state index is 0.0505. The number of carbonyl (C=O) groups is 2. The van der Waals surface area contributed by atoms with Crippen molar-refractivity contribution in [1.82, 2.24) is 14.7 Å². The van der Waals surface area contributed by atoms with Crippen LogP contribution in [0.2, 0.25) is 5.02 Å². The van der Waals surface area contributed by atoms with Gasteiger partial charge in [0.25, 0.3) is 0 Å². The first-order valence-electron chi connectivity index (χ1n) is 13.5. The van der Waals surface area contributed by atoms with Crippen molar-refractivity contribution in [2.75, 3.05) is 13.6 Å². The molecular formula is C32H33ClF2N4O3. The average molecular weight is 595 g/mol. The lowest BCUT2D eigenvalue weighted by atomic mass is 9.80. The Morgan fingerprint density at radius 1 is 0.976 bits per heavy atom. The Hall–Kier alpha value is -4.08. The Bertz CT molecular complexity index is 1440. The van der Waals surface area contributed by atoms with Crippen LogP contribution in [0.25, 0.3) is 0 Å². The van der Waals surface area contributed by atoms with Crippen molar-refractivity contribution in [3.63, 3.8) is 0 Å². The van der Waals surface area contributed by atoms with E-state index < -0.39 is 24.0 Å². The quantitative estimate of drug-likeness (QED) is 0.165. The van der Waals surface area contributed by atoms with Gasteiger partial charge in [-0.15, -0.1) is 0 Å².